The lowest BCUT2D eigenvalue weighted by molar-refractivity contribution is -0.137. The van der Waals surface area contributed by atoms with Gasteiger partial charge in [-0.2, -0.15) is 13.2 Å². The monoisotopic (exact) mass is 428 g/mol. The Morgan fingerprint density at radius 3 is 2.10 bits per heavy atom. The highest BCUT2D eigenvalue weighted by Gasteiger charge is 2.30. The molecule has 0 saturated heterocycles. The fourth-order valence-corrected chi connectivity index (χ4v) is 3.27. The van der Waals surface area contributed by atoms with Gasteiger partial charge in [0.25, 0.3) is 0 Å². The highest BCUT2D eigenvalue weighted by atomic mass is 32.2. The molecule has 0 aliphatic heterocycles. The van der Waals surface area contributed by atoms with Crippen LogP contribution < -0.4 is 15.4 Å². The molecule has 0 bridgehead atoms. The van der Waals surface area contributed by atoms with Crippen molar-refractivity contribution in [2.45, 2.75) is 25.0 Å². The van der Waals surface area contributed by atoms with E-state index in [1.807, 2.05) is 0 Å². The minimum atomic E-state index is -4.38. The third kappa shape index (κ3) is 7.39. The number of rotatable bonds is 7. The SMILES string of the molecule is CN=C(NCc1ccc(CS(=O)(=O)NC)cc1)NCc1cccc(C(F)(F)F)c1. The first-order chi connectivity index (χ1) is 13.6. The van der Waals surface area contributed by atoms with Crippen molar-refractivity contribution in [3.8, 4) is 0 Å². The first-order valence-corrected chi connectivity index (χ1v) is 10.4. The van der Waals surface area contributed by atoms with Crippen molar-refractivity contribution >= 4 is 16.0 Å². The lowest BCUT2D eigenvalue weighted by Gasteiger charge is -2.13. The first-order valence-electron chi connectivity index (χ1n) is 8.72. The normalized spacial score (nSPS) is 12.7. The summed E-state index contributed by atoms with van der Waals surface area (Å²) in [6.07, 6.45) is -4.38. The van der Waals surface area contributed by atoms with Gasteiger partial charge in [-0.05, 0) is 35.9 Å². The lowest BCUT2D eigenvalue weighted by Crippen LogP contribution is -2.36. The van der Waals surface area contributed by atoms with Crippen LogP contribution in [0.15, 0.2) is 53.5 Å². The summed E-state index contributed by atoms with van der Waals surface area (Å²) < 4.78 is 63.8. The van der Waals surface area contributed by atoms with Crippen LogP contribution in [-0.4, -0.2) is 28.5 Å². The predicted octanol–water partition coefficient (Wildman–Crippen LogP) is 2.62. The molecule has 10 heteroatoms. The summed E-state index contributed by atoms with van der Waals surface area (Å²) in [6, 6.07) is 12.1. The van der Waals surface area contributed by atoms with E-state index in [0.717, 1.165) is 17.7 Å². The standard InChI is InChI=1S/C19H23F3N4O2S/c1-23-18(26-12-16-4-3-5-17(10-16)19(20,21)22)25-11-14-6-8-15(9-7-14)13-29(27,28)24-2/h3-10,24H,11-13H2,1-2H3,(H2,23,25,26). The van der Waals surface area contributed by atoms with E-state index < -0.39 is 21.8 Å². The van der Waals surface area contributed by atoms with Gasteiger partial charge in [-0.15, -0.1) is 0 Å². The maximum Gasteiger partial charge on any atom is 0.416 e. The van der Waals surface area contributed by atoms with Crippen molar-refractivity contribution in [2.24, 2.45) is 4.99 Å². The van der Waals surface area contributed by atoms with Crippen LogP contribution >= 0.6 is 0 Å². The van der Waals surface area contributed by atoms with E-state index in [-0.39, 0.29) is 12.3 Å². The zero-order valence-electron chi connectivity index (χ0n) is 16.0. The molecule has 2 aromatic rings. The van der Waals surface area contributed by atoms with Crippen molar-refractivity contribution in [1.82, 2.24) is 15.4 Å². The quantitative estimate of drug-likeness (QED) is 0.468. The van der Waals surface area contributed by atoms with Gasteiger partial charge in [-0.1, -0.05) is 36.4 Å². The van der Waals surface area contributed by atoms with Gasteiger partial charge in [0.15, 0.2) is 5.96 Å². The molecule has 0 heterocycles. The van der Waals surface area contributed by atoms with Crippen LogP contribution in [0.3, 0.4) is 0 Å². The van der Waals surface area contributed by atoms with Gasteiger partial charge >= 0.3 is 6.18 Å². The molecule has 0 fully saturated rings. The van der Waals surface area contributed by atoms with Crippen LogP contribution in [0.5, 0.6) is 0 Å². The molecule has 0 atom stereocenters. The predicted molar refractivity (Wildman–Crippen MR) is 107 cm³/mol. The van der Waals surface area contributed by atoms with E-state index >= 15 is 0 Å². The smallest absolute Gasteiger partial charge is 0.352 e. The molecule has 6 nitrogen and oxygen atoms in total. The highest BCUT2D eigenvalue weighted by Crippen LogP contribution is 2.29. The summed E-state index contributed by atoms with van der Waals surface area (Å²) in [5.74, 6) is 0.335. The maximum absolute atomic E-state index is 12.8. The molecule has 3 N–H and O–H groups in total. The van der Waals surface area contributed by atoms with Gasteiger partial charge in [-0.25, -0.2) is 13.1 Å². The Hall–Kier alpha value is -2.59. The van der Waals surface area contributed by atoms with E-state index in [1.165, 1.54) is 13.1 Å². The molecule has 0 aliphatic rings. The second kappa shape index (κ2) is 9.75. The second-order valence-corrected chi connectivity index (χ2v) is 8.18. The molecule has 0 aromatic heterocycles. The number of aliphatic imine (C=N–C) groups is 1. The molecular formula is C19H23F3N4O2S. The van der Waals surface area contributed by atoms with Gasteiger partial charge in [0.05, 0.1) is 11.3 Å². The Morgan fingerprint density at radius 2 is 1.55 bits per heavy atom. The highest BCUT2D eigenvalue weighted by molar-refractivity contribution is 7.88. The van der Waals surface area contributed by atoms with Crippen LogP contribution in [0, 0.1) is 0 Å². The number of hydrogen-bond donors (Lipinski definition) is 3. The molecule has 0 radical (unpaired) electrons. The van der Waals surface area contributed by atoms with E-state index in [2.05, 4.69) is 20.3 Å². The van der Waals surface area contributed by atoms with Crippen molar-refractivity contribution in [3.05, 3.63) is 70.8 Å². The molecule has 29 heavy (non-hydrogen) atoms. The first kappa shape index (κ1) is 22.7. The minimum absolute atomic E-state index is 0.0998. The van der Waals surface area contributed by atoms with Gasteiger partial charge in [0.1, 0.15) is 0 Å². The molecule has 2 rings (SSSR count). The van der Waals surface area contributed by atoms with Gasteiger partial charge in [-0.3, -0.25) is 4.99 Å². The number of sulfonamides is 1. The van der Waals surface area contributed by atoms with Crippen molar-refractivity contribution in [3.63, 3.8) is 0 Å². The fraction of sp³-hybridized carbons (Fsp3) is 0.316. The zero-order valence-corrected chi connectivity index (χ0v) is 16.9. The van der Waals surface area contributed by atoms with E-state index in [1.54, 1.807) is 37.4 Å². The van der Waals surface area contributed by atoms with Crippen LogP contribution in [0.4, 0.5) is 13.2 Å². The third-order valence-electron chi connectivity index (χ3n) is 4.09. The molecule has 0 aliphatic carbocycles. The number of nitrogens with one attached hydrogen (secondary N) is 3. The lowest BCUT2D eigenvalue weighted by atomic mass is 10.1. The Kier molecular flexibility index (Phi) is 7.63. The van der Waals surface area contributed by atoms with E-state index in [4.69, 9.17) is 0 Å². The van der Waals surface area contributed by atoms with Crippen molar-refractivity contribution in [2.75, 3.05) is 14.1 Å². The molecule has 0 spiro atoms. The molecule has 2 aromatic carbocycles. The summed E-state index contributed by atoms with van der Waals surface area (Å²) in [5, 5.41) is 6.03. The summed E-state index contributed by atoms with van der Waals surface area (Å²) in [7, 11) is -0.397. The van der Waals surface area contributed by atoms with Crippen LogP contribution in [0.1, 0.15) is 22.3 Å². The maximum atomic E-state index is 12.8. The minimum Gasteiger partial charge on any atom is -0.352 e. The fourth-order valence-electron chi connectivity index (χ4n) is 2.49. The summed E-state index contributed by atoms with van der Waals surface area (Å²) >= 11 is 0. The van der Waals surface area contributed by atoms with Crippen LogP contribution in [-0.2, 0) is 35.0 Å². The Balaban J connectivity index is 1.90. The summed E-state index contributed by atoms with van der Waals surface area (Å²) in [6.45, 7) is 0.603. The summed E-state index contributed by atoms with van der Waals surface area (Å²) in [5.41, 5.74) is 1.35. The Bertz CT molecular complexity index is 943. The number of nitrogens with zero attached hydrogens (tertiary/aromatic N) is 1. The summed E-state index contributed by atoms with van der Waals surface area (Å²) in [4.78, 5) is 4.05. The average Bonchev–Trinajstić information content (AvgIpc) is 2.68. The molecule has 0 saturated carbocycles. The number of hydrogen-bond acceptors (Lipinski definition) is 3. The van der Waals surface area contributed by atoms with Crippen molar-refractivity contribution in [1.29, 1.82) is 0 Å². The van der Waals surface area contributed by atoms with Crippen LogP contribution in [0.2, 0.25) is 0 Å². The molecule has 0 unspecified atom stereocenters. The van der Waals surface area contributed by atoms with E-state index in [9.17, 15) is 21.6 Å². The van der Waals surface area contributed by atoms with Gasteiger partial charge in [0, 0.05) is 20.1 Å². The third-order valence-corrected chi connectivity index (χ3v) is 5.42. The number of guanidine groups is 1. The van der Waals surface area contributed by atoms with Gasteiger partial charge in [0.2, 0.25) is 10.0 Å². The molecular weight excluding hydrogens is 405 g/mol. The average molecular weight is 428 g/mol. The Labute approximate surface area is 168 Å². The Morgan fingerprint density at radius 1 is 0.966 bits per heavy atom. The topological polar surface area (TPSA) is 82.6 Å². The van der Waals surface area contributed by atoms with Crippen LogP contribution in [0.25, 0.3) is 0 Å². The molecule has 158 valence electrons. The number of benzene rings is 2. The van der Waals surface area contributed by atoms with Crippen molar-refractivity contribution < 1.29 is 21.6 Å². The molecule has 0 amide bonds. The number of alkyl halides is 3. The second-order valence-electron chi connectivity index (χ2n) is 6.26. The zero-order chi connectivity index (χ0) is 21.5. The number of halogens is 3. The van der Waals surface area contributed by atoms with E-state index in [0.29, 0.717) is 23.6 Å². The largest absolute Gasteiger partial charge is 0.416 e. The van der Waals surface area contributed by atoms with Gasteiger partial charge < -0.3 is 10.6 Å².